The van der Waals surface area contributed by atoms with Gasteiger partial charge < -0.3 is 0 Å². The van der Waals surface area contributed by atoms with Gasteiger partial charge >= 0.3 is 46.4 Å². The molecule has 0 unspecified atom stereocenters. The summed E-state index contributed by atoms with van der Waals surface area (Å²) in [6, 6.07) is 0. The van der Waals surface area contributed by atoms with Gasteiger partial charge in [0.25, 0.3) is 0 Å². The molecule has 0 amide bonds. The van der Waals surface area contributed by atoms with Crippen LogP contribution in [-0.4, -0.2) is 3.26 Å². The molecule has 0 aromatic carbocycles. The van der Waals surface area contributed by atoms with Gasteiger partial charge in [0.05, 0.1) is 0 Å². The van der Waals surface area contributed by atoms with Crippen LogP contribution in [0.15, 0.2) is 0 Å². The standard InChI is InChI=1S/C4H6.Hf/c1-2-4-3-1;/h1-3H2;/q;+2. The molecule has 1 aliphatic rings. The van der Waals surface area contributed by atoms with E-state index in [9.17, 15) is 0 Å². The molecule has 0 spiro atoms. The van der Waals surface area contributed by atoms with Crippen LogP contribution < -0.4 is 0 Å². The summed E-state index contributed by atoms with van der Waals surface area (Å²) >= 11 is 1.37. The molecule has 0 aromatic rings. The molecular formula is C4H6Hf+2. The molecule has 0 N–H and O–H groups in total. The zero-order chi connectivity index (χ0) is 3.70. The van der Waals surface area contributed by atoms with Crippen LogP contribution in [0.3, 0.4) is 0 Å². The van der Waals surface area contributed by atoms with Crippen LogP contribution in [0.2, 0.25) is 0 Å². The summed E-state index contributed by atoms with van der Waals surface area (Å²) in [7, 11) is 0. The van der Waals surface area contributed by atoms with Crippen molar-refractivity contribution in [2.75, 3.05) is 0 Å². The van der Waals surface area contributed by atoms with Crippen LogP contribution in [-0.2, 0) is 23.9 Å². The molecule has 0 bridgehead atoms. The number of rotatable bonds is 0. The maximum absolute atomic E-state index is 1.82. The number of hydrogen-bond acceptors (Lipinski definition) is 0. The third-order valence-electron chi connectivity index (χ3n) is 0.957. The SMILES string of the molecule is [Hf+2]=[C]1CCC1. The van der Waals surface area contributed by atoms with Crippen LogP contribution in [0.1, 0.15) is 19.3 Å². The zero-order valence-corrected chi connectivity index (χ0v) is 6.71. The van der Waals surface area contributed by atoms with Crippen molar-refractivity contribution in [1.29, 1.82) is 0 Å². The molecule has 0 nitrogen and oxygen atoms in total. The quantitative estimate of drug-likeness (QED) is 0.544. The average molecular weight is 233 g/mol. The van der Waals surface area contributed by atoms with Crippen LogP contribution in [0.25, 0.3) is 0 Å². The Morgan fingerprint density at radius 1 is 1.40 bits per heavy atom. The molecule has 24 valence electrons. The van der Waals surface area contributed by atoms with Crippen LogP contribution in [0.4, 0.5) is 0 Å². The van der Waals surface area contributed by atoms with Crippen LogP contribution in [0, 0.1) is 0 Å². The van der Waals surface area contributed by atoms with E-state index in [0.717, 1.165) is 0 Å². The molecule has 1 heteroatoms. The molecule has 0 heterocycles. The minimum atomic E-state index is 1.37. The van der Waals surface area contributed by atoms with Gasteiger partial charge in [-0.3, -0.25) is 0 Å². The van der Waals surface area contributed by atoms with Gasteiger partial charge in [0.15, 0.2) is 0 Å². The topological polar surface area (TPSA) is 0 Å². The molecule has 1 rings (SSSR count). The second kappa shape index (κ2) is 1.46. The third-order valence-corrected chi connectivity index (χ3v) is 2.75. The van der Waals surface area contributed by atoms with E-state index in [0.29, 0.717) is 0 Å². The predicted octanol–water partition coefficient (Wildman–Crippen LogP) is 0.889. The first-order valence-corrected chi connectivity index (χ1v) is 3.75. The molecule has 0 saturated heterocycles. The third kappa shape index (κ3) is 0.783. The van der Waals surface area contributed by atoms with E-state index in [2.05, 4.69) is 0 Å². The Hall–Kier alpha value is 0.740. The Morgan fingerprint density at radius 3 is 1.80 bits per heavy atom. The van der Waals surface area contributed by atoms with Crippen molar-refractivity contribution in [2.45, 2.75) is 19.3 Å². The number of hydrogen-bond donors (Lipinski definition) is 0. The van der Waals surface area contributed by atoms with Gasteiger partial charge in [-0.2, -0.15) is 0 Å². The summed E-state index contributed by atoms with van der Waals surface area (Å²) in [6.07, 6.45) is 4.41. The maximum atomic E-state index is 1.82. The van der Waals surface area contributed by atoms with E-state index in [1.807, 2.05) is 3.26 Å². The van der Waals surface area contributed by atoms with E-state index in [4.69, 9.17) is 0 Å². The fourth-order valence-electron chi connectivity index (χ4n) is 0.354. The molecule has 1 saturated carbocycles. The Morgan fingerprint density at radius 2 is 1.80 bits per heavy atom. The predicted molar refractivity (Wildman–Crippen MR) is 18.9 cm³/mol. The van der Waals surface area contributed by atoms with Gasteiger partial charge in [-0.15, -0.1) is 0 Å². The molecule has 0 aromatic heterocycles. The molecule has 1 aliphatic carbocycles. The van der Waals surface area contributed by atoms with Gasteiger partial charge in [0.2, 0.25) is 0 Å². The van der Waals surface area contributed by atoms with Crippen molar-refractivity contribution >= 4 is 3.26 Å². The zero-order valence-electron chi connectivity index (χ0n) is 3.12. The van der Waals surface area contributed by atoms with Crippen LogP contribution in [0.5, 0.6) is 0 Å². The monoisotopic (exact) mass is 234 g/mol. The summed E-state index contributed by atoms with van der Waals surface area (Å²) in [6.45, 7) is 0. The molecule has 0 atom stereocenters. The van der Waals surface area contributed by atoms with Gasteiger partial charge in [0, 0.05) is 0 Å². The fourth-order valence-corrected chi connectivity index (χ4v) is 1.62. The summed E-state index contributed by atoms with van der Waals surface area (Å²) < 4.78 is 1.82. The summed E-state index contributed by atoms with van der Waals surface area (Å²) in [5.74, 6) is 0. The van der Waals surface area contributed by atoms with E-state index < -0.39 is 0 Å². The second-order valence-corrected chi connectivity index (χ2v) is 4.00. The van der Waals surface area contributed by atoms with E-state index in [1.54, 1.807) is 0 Å². The Labute approximate surface area is 46.6 Å². The first-order chi connectivity index (χ1) is 2.39. The molecular weight excluding hydrogens is 227 g/mol. The molecule has 0 radical (unpaired) electrons. The van der Waals surface area contributed by atoms with Gasteiger partial charge in [0.1, 0.15) is 0 Å². The van der Waals surface area contributed by atoms with E-state index >= 15 is 0 Å². The Balaban J connectivity index is 2.32. The molecule has 5 heavy (non-hydrogen) atoms. The minimum absolute atomic E-state index is 1.37. The van der Waals surface area contributed by atoms with Crippen LogP contribution >= 0.6 is 0 Å². The summed E-state index contributed by atoms with van der Waals surface area (Å²) in [5, 5.41) is 0. The van der Waals surface area contributed by atoms with Crippen molar-refractivity contribution in [3.8, 4) is 0 Å². The normalized spacial score (nSPS) is 22.4. The summed E-state index contributed by atoms with van der Waals surface area (Å²) in [4.78, 5) is 0. The van der Waals surface area contributed by atoms with Gasteiger partial charge in [-0.1, -0.05) is 0 Å². The molecule has 1 fully saturated rings. The Kier molecular flexibility index (Phi) is 1.14. The Bertz CT molecular complexity index is 50.7. The second-order valence-electron chi connectivity index (χ2n) is 1.46. The van der Waals surface area contributed by atoms with Crippen molar-refractivity contribution in [3.63, 3.8) is 0 Å². The van der Waals surface area contributed by atoms with Crippen molar-refractivity contribution in [3.05, 3.63) is 0 Å². The van der Waals surface area contributed by atoms with E-state index in [1.165, 1.54) is 43.2 Å². The van der Waals surface area contributed by atoms with Crippen molar-refractivity contribution < 1.29 is 23.9 Å². The first-order valence-electron chi connectivity index (χ1n) is 1.96. The summed E-state index contributed by atoms with van der Waals surface area (Å²) in [5.41, 5.74) is 0. The fraction of sp³-hybridized carbons (Fsp3) is 0.750. The molecule has 0 aliphatic heterocycles. The van der Waals surface area contributed by atoms with Gasteiger partial charge in [-0.05, 0) is 0 Å². The average Bonchev–Trinajstić information content (AvgIpc) is 1.30. The van der Waals surface area contributed by atoms with E-state index in [-0.39, 0.29) is 0 Å². The first kappa shape index (κ1) is 3.91. The van der Waals surface area contributed by atoms with Crippen molar-refractivity contribution in [1.82, 2.24) is 0 Å². The van der Waals surface area contributed by atoms with Gasteiger partial charge in [-0.25, -0.2) is 0 Å². The van der Waals surface area contributed by atoms with Crippen molar-refractivity contribution in [2.24, 2.45) is 0 Å².